The summed E-state index contributed by atoms with van der Waals surface area (Å²) in [4.78, 5) is 11.5. The van der Waals surface area contributed by atoms with E-state index in [1.165, 1.54) is 44.9 Å². The Labute approximate surface area is 133 Å². The van der Waals surface area contributed by atoms with Crippen LogP contribution in [0.2, 0.25) is 0 Å². The van der Waals surface area contributed by atoms with E-state index in [4.69, 9.17) is 18.9 Å². The fraction of sp³-hybridized carbons (Fsp3) is 0.941. The molecule has 1 aliphatic heterocycles. The summed E-state index contributed by atoms with van der Waals surface area (Å²) in [6.45, 7) is 5.39. The maximum absolute atomic E-state index is 11.5. The molecule has 2 rings (SSSR count). The Morgan fingerprint density at radius 1 is 1.18 bits per heavy atom. The lowest BCUT2D eigenvalue weighted by Crippen LogP contribution is -2.26. The maximum atomic E-state index is 11.5. The van der Waals surface area contributed by atoms with Gasteiger partial charge in [0.15, 0.2) is 0 Å². The summed E-state index contributed by atoms with van der Waals surface area (Å²) in [5.41, 5.74) is 0. The van der Waals surface area contributed by atoms with Gasteiger partial charge in [0.1, 0.15) is 6.61 Å². The van der Waals surface area contributed by atoms with E-state index in [1.54, 1.807) is 13.8 Å². The Hall–Kier alpha value is -0.810. The van der Waals surface area contributed by atoms with E-state index in [2.05, 4.69) is 0 Å². The smallest absolute Gasteiger partial charge is 0.432 e. The molecule has 5 nitrogen and oxygen atoms in total. The minimum Gasteiger partial charge on any atom is -0.432 e. The van der Waals surface area contributed by atoms with Crippen molar-refractivity contribution in [2.75, 3.05) is 19.8 Å². The van der Waals surface area contributed by atoms with Crippen LogP contribution < -0.4 is 0 Å². The van der Waals surface area contributed by atoms with Gasteiger partial charge in [0.25, 0.3) is 0 Å². The molecule has 1 unspecified atom stereocenters. The zero-order valence-electron chi connectivity index (χ0n) is 14.0. The molecule has 22 heavy (non-hydrogen) atoms. The molecule has 1 saturated heterocycles. The largest absolute Gasteiger partial charge is 0.511 e. The van der Waals surface area contributed by atoms with Crippen molar-refractivity contribution in [2.24, 2.45) is 5.92 Å². The Morgan fingerprint density at radius 2 is 1.82 bits per heavy atom. The Balaban J connectivity index is 1.58. The summed E-state index contributed by atoms with van der Waals surface area (Å²) < 4.78 is 21.3. The summed E-state index contributed by atoms with van der Waals surface area (Å²) in [5.74, 6) is -0.115. The molecule has 0 aromatic rings. The van der Waals surface area contributed by atoms with Crippen LogP contribution in [0.4, 0.5) is 4.79 Å². The topological polar surface area (TPSA) is 57.3 Å². The fourth-order valence-corrected chi connectivity index (χ4v) is 2.89. The Morgan fingerprint density at radius 3 is 2.41 bits per heavy atom. The normalized spacial score (nSPS) is 26.3. The highest BCUT2D eigenvalue weighted by atomic mass is 16.9. The lowest BCUT2D eigenvalue weighted by Gasteiger charge is -2.20. The summed E-state index contributed by atoms with van der Waals surface area (Å²) in [6.07, 6.45) is 9.04. The van der Waals surface area contributed by atoms with Crippen molar-refractivity contribution in [3.05, 3.63) is 0 Å². The summed E-state index contributed by atoms with van der Waals surface area (Å²) in [7, 11) is 0. The molecular weight excluding hydrogens is 284 g/mol. The molecule has 0 N–H and O–H groups in total. The average molecular weight is 314 g/mol. The summed E-state index contributed by atoms with van der Waals surface area (Å²) >= 11 is 0. The first-order valence-electron chi connectivity index (χ1n) is 8.71. The van der Waals surface area contributed by atoms with Gasteiger partial charge in [-0.05, 0) is 32.6 Å². The highest BCUT2D eigenvalue weighted by Gasteiger charge is 2.49. The van der Waals surface area contributed by atoms with Crippen LogP contribution in [0, 0.1) is 5.92 Å². The van der Waals surface area contributed by atoms with Gasteiger partial charge in [-0.2, -0.15) is 0 Å². The molecule has 1 heterocycles. The Bertz CT molecular complexity index is 330. The highest BCUT2D eigenvalue weighted by molar-refractivity contribution is 5.60. The van der Waals surface area contributed by atoms with Crippen LogP contribution in [0.3, 0.4) is 0 Å². The van der Waals surface area contributed by atoms with Crippen LogP contribution in [0.25, 0.3) is 0 Å². The van der Waals surface area contributed by atoms with Crippen molar-refractivity contribution < 1.29 is 23.7 Å². The summed E-state index contributed by atoms with van der Waals surface area (Å²) in [5, 5.41) is 0. The third-order valence-corrected chi connectivity index (χ3v) is 4.27. The van der Waals surface area contributed by atoms with E-state index >= 15 is 0 Å². The third-order valence-electron chi connectivity index (χ3n) is 4.27. The maximum Gasteiger partial charge on any atom is 0.511 e. The van der Waals surface area contributed by atoms with Gasteiger partial charge >= 0.3 is 6.16 Å². The van der Waals surface area contributed by atoms with Gasteiger partial charge in [0.2, 0.25) is 5.79 Å². The van der Waals surface area contributed by atoms with Crippen molar-refractivity contribution in [1.29, 1.82) is 0 Å². The van der Waals surface area contributed by atoms with Crippen molar-refractivity contribution in [1.82, 2.24) is 0 Å². The molecule has 2 aliphatic rings. The highest BCUT2D eigenvalue weighted by Crippen LogP contribution is 2.33. The number of epoxide rings is 1. The van der Waals surface area contributed by atoms with Gasteiger partial charge in [0, 0.05) is 13.0 Å². The van der Waals surface area contributed by atoms with Gasteiger partial charge in [-0.25, -0.2) is 4.79 Å². The quantitative estimate of drug-likeness (QED) is 0.403. The Kier molecular flexibility index (Phi) is 6.96. The molecule has 0 radical (unpaired) electrons. The van der Waals surface area contributed by atoms with Crippen LogP contribution in [0.15, 0.2) is 0 Å². The van der Waals surface area contributed by atoms with Gasteiger partial charge < -0.3 is 18.9 Å². The minimum atomic E-state index is -0.799. The molecule has 1 atom stereocenters. The average Bonchev–Trinajstić information content (AvgIpc) is 3.15. The first-order valence-corrected chi connectivity index (χ1v) is 8.71. The molecule has 0 bridgehead atoms. The van der Waals surface area contributed by atoms with Gasteiger partial charge in [-0.15, -0.1) is 0 Å². The van der Waals surface area contributed by atoms with E-state index in [9.17, 15) is 4.79 Å². The molecule has 128 valence electrons. The number of hydrogen-bond acceptors (Lipinski definition) is 5. The van der Waals surface area contributed by atoms with Crippen molar-refractivity contribution in [3.63, 3.8) is 0 Å². The second-order valence-corrected chi connectivity index (χ2v) is 6.75. The SMILES string of the molecule is CC(C)OC(=O)OC1(CCOCC2CCCCCCC2)CO1. The molecule has 0 amide bonds. The molecule has 2 fully saturated rings. The lowest BCUT2D eigenvalue weighted by atomic mass is 9.92. The van der Waals surface area contributed by atoms with Gasteiger partial charge in [-0.1, -0.05) is 32.1 Å². The second-order valence-electron chi connectivity index (χ2n) is 6.75. The van der Waals surface area contributed by atoms with E-state index in [0.29, 0.717) is 25.6 Å². The van der Waals surface area contributed by atoms with E-state index < -0.39 is 11.9 Å². The van der Waals surface area contributed by atoms with Crippen LogP contribution in [-0.2, 0) is 18.9 Å². The van der Waals surface area contributed by atoms with Gasteiger partial charge in [0.05, 0.1) is 12.7 Å². The third kappa shape index (κ3) is 6.53. The molecule has 1 aliphatic carbocycles. The fourth-order valence-electron chi connectivity index (χ4n) is 2.89. The molecular formula is C17H30O5. The van der Waals surface area contributed by atoms with Crippen LogP contribution in [0.5, 0.6) is 0 Å². The van der Waals surface area contributed by atoms with Crippen molar-refractivity contribution >= 4 is 6.16 Å². The van der Waals surface area contributed by atoms with Crippen molar-refractivity contribution in [2.45, 2.75) is 77.1 Å². The zero-order chi connectivity index (χ0) is 15.8. The number of hydrogen-bond donors (Lipinski definition) is 0. The standard InChI is InChI=1S/C17H30O5/c1-14(2)21-16(18)22-17(13-20-17)10-11-19-12-15-8-6-4-3-5-7-9-15/h14-15H,3-13H2,1-2H3. The van der Waals surface area contributed by atoms with E-state index in [-0.39, 0.29) is 6.10 Å². The molecule has 0 spiro atoms. The number of rotatable bonds is 7. The molecule has 5 heteroatoms. The van der Waals surface area contributed by atoms with E-state index in [0.717, 1.165) is 6.61 Å². The predicted octanol–water partition coefficient (Wildman–Crippen LogP) is 4.04. The summed E-state index contributed by atoms with van der Waals surface area (Å²) in [6, 6.07) is 0. The first kappa shape index (κ1) is 17.5. The minimum absolute atomic E-state index is 0.182. The van der Waals surface area contributed by atoms with E-state index in [1.807, 2.05) is 0 Å². The molecule has 1 saturated carbocycles. The second kappa shape index (κ2) is 8.73. The lowest BCUT2D eigenvalue weighted by molar-refractivity contribution is -0.0595. The van der Waals surface area contributed by atoms with Gasteiger partial charge in [-0.3, -0.25) is 0 Å². The molecule has 0 aromatic heterocycles. The van der Waals surface area contributed by atoms with Crippen LogP contribution in [0.1, 0.15) is 65.2 Å². The van der Waals surface area contributed by atoms with Crippen molar-refractivity contribution in [3.8, 4) is 0 Å². The predicted molar refractivity (Wildman–Crippen MR) is 82.6 cm³/mol. The van der Waals surface area contributed by atoms with Crippen LogP contribution >= 0.6 is 0 Å². The number of carbonyl (C=O) groups excluding carboxylic acids is 1. The first-order chi connectivity index (χ1) is 10.6. The molecule has 0 aromatic carbocycles. The zero-order valence-corrected chi connectivity index (χ0v) is 14.0. The van der Waals surface area contributed by atoms with Crippen LogP contribution in [-0.4, -0.2) is 37.9 Å². The number of ether oxygens (including phenoxy) is 4. The number of carbonyl (C=O) groups is 1. The monoisotopic (exact) mass is 314 g/mol.